The number of anilines is 2. The van der Waals surface area contributed by atoms with Gasteiger partial charge in [0.25, 0.3) is 5.91 Å². The van der Waals surface area contributed by atoms with Gasteiger partial charge in [-0.1, -0.05) is 48.0 Å². The Morgan fingerprint density at radius 1 is 0.967 bits per heavy atom. The molecule has 0 unspecified atom stereocenters. The summed E-state index contributed by atoms with van der Waals surface area (Å²) in [5.74, 6) is -0.356. The van der Waals surface area contributed by atoms with Crippen LogP contribution in [0, 0.1) is 6.92 Å². The molecule has 0 aliphatic heterocycles. The van der Waals surface area contributed by atoms with Crippen molar-refractivity contribution in [3.05, 3.63) is 94.0 Å². The number of nitrogens with one attached hydrogen (secondary N) is 2. The van der Waals surface area contributed by atoms with Gasteiger partial charge in [0.1, 0.15) is 6.61 Å². The van der Waals surface area contributed by atoms with Gasteiger partial charge < -0.3 is 15.8 Å². The fourth-order valence-electron chi connectivity index (χ4n) is 2.84. The van der Waals surface area contributed by atoms with E-state index in [1.807, 2.05) is 49.4 Å². The molecule has 4 N–H and O–H groups in total. The lowest BCUT2D eigenvalue weighted by molar-refractivity contribution is 0.102. The number of amides is 2. The van der Waals surface area contributed by atoms with E-state index in [0.29, 0.717) is 28.5 Å². The first-order valence-corrected chi connectivity index (χ1v) is 9.71. The van der Waals surface area contributed by atoms with Crippen molar-refractivity contribution in [3.8, 4) is 0 Å². The second-order valence-corrected chi connectivity index (χ2v) is 7.15. The standard InChI is InChI=1S/C23H22ClN3O3/c1-15-7-8-20(11-18(15)13-25)26-22(28)17-9-19(24)12-21(10-17)27-23(29)30-14-16-5-3-2-4-6-16/h2-12H,13-14,25H2,1H3,(H,26,28)(H,27,29). The lowest BCUT2D eigenvalue weighted by atomic mass is 10.1. The van der Waals surface area contributed by atoms with Crippen LogP contribution in [0.15, 0.2) is 66.7 Å². The van der Waals surface area contributed by atoms with Crippen LogP contribution in [-0.4, -0.2) is 12.0 Å². The van der Waals surface area contributed by atoms with Crippen LogP contribution in [0.1, 0.15) is 27.0 Å². The predicted octanol–water partition coefficient (Wildman–Crippen LogP) is 5.11. The minimum atomic E-state index is -0.640. The zero-order chi connectivity index (χ0) is 21.5. The highest BCUT2D eigenvalue weighted by molar-refractivity contribution is 6.31. The van der Waals surface area contributed by atoms with Crippen molar-refractivity contribution in [1.82, 2.24) is 0 Å². The minimum Gasteiger partial charge on any atom is -0.444 e. The lowest BCUT2D eigenvalue weighted by Crippen LogP contribution is -2.16. The summed E-state index contributed by atoms with van der Waals surface area (Å²) in [7, 11) is 0. The number of benzene rings is 3. The predicted molar refractivity (Wildman–Crippen MR) is 119 cm³/mol. The number of hydrogen-bond donors (Lipinski definition) is 3. The Morgan fingerprint density at radius 3 is 2.47 bits per heavy atom. The van der Waals surface area contributed by atoms with E-state index in [4.69, 9.17) is 22.1 Å². The molecule has 3 aromatic carbocycles. The lowest BCUT2D eigenvalue weighted by Gasteiger charge is -2.11. The maximum Gasteiger partial charge on any atom is 0.411 e. The van der Waals surface area contributed by atoms with Gasteiger partial charge in [-0.2, -0.15) is 0 Å². The number of hydrogen-bond acceptors (Lipinski definition) is 4. The summed E-state index contributed by atoms with van der Waals surface area (Å²) in [6.07, 6.45) is -0.640. The number of ether oxygens (including phenoxy) is 1. The quantitative estimate of drug-likeness (QED) is 0.513. The summed E-state index contributed by atoms with van der Waals surface area (Å²) in [6.45, 7) is 2.48. The van der Waals surface area contributed by atoms with Crippen LogP contribution in [0.2, 0.25) is 5.02 Å². The Hall–Kier alpha value is -3.35. The first kappa shape index (κ1) is 21.4. The van der Waals surface area contributed by atoms with Crippen LogP contribution >= 0.6 is 11.6 Å². The van der Waals surface area contributed by atoms with Gasteiger partial charge in [0, 0.05) is 28.5 Å². The average Bonchev–Trinajstić information content (AvgIpc) is 2.74. The van der Waals surface area contributed by atoms with Crippen LogP contribution < -0.4 is 16.4 Å². The van der Waals surface area contributed by atoms with E-state index < -0.39 is 6.09 Å². The van der Waals surface area contributed by atoms with Crippen LogP contribution in [0.25, 0.3) is 0 Å². The molecule has 0 saturated heterocycles. The molecule has 0 aliphatic carbocycles. The molecule has 30 heavy (non-hydrogen) atoms. The van der Waals surface area contributed by atoms with Crippen molar-refractivity contribution in [1.29, 1.82) is 0 Å². The molecule has 0 radical (unpaired) electrons. The van der Waals surface area contributed by atoms with E-state index in [-0.39, 0.29) is 12.5 Å². The zero-order valence-corrected chi connectivity index (χ0v) is 17.2. The van der Waals surface area contributed by atoms with Crippen molar-refractivity contribution in [2.75, 3.05) is 10.6 Å². The van der Waals surface area contributed by atoms with Gasteiger partial charge in [0.05, 0.1) is 0 Å². The average molecular weight is 424 g/mol. The summed E-state index contributed by atoms with van der Waals surface area (Å²) in [5.41, 5.74) is 9.89. The minimum absolute atomic E-state index is 0.136. The highest BCUT2D eigenvalue weighted by Gasteiger charge is 2.12. The number of carbonyl (C=O) groups is 2. The summed E-state index contributed by atoms with van der Waals surface area (Å²) in [4.78, 5) is 24.7. The van der Waals surface area contributed by atoms with E-state index in [1.54, 1.807) is 12.1 Å². The third kappa shape index (κ3) is 5.83. The first-order chi connectivity index (χ1) is 14.4. The van der Waals surface area contributed by atoms with Gasteiger partial charge in [-0.15, -0.1) is 0 Å². The Kier molecular flexibility index (Phi) is 7.06. The first-order valence-electron chi connectivity index (χ1n) is 9.34. The molecule has 0 heterocycles. The highest BCUT2D eigenvalue weighted by Crippen LogP contribution is 2.21. The largest absolute Gasteiger partial charge is 0.444 e. The smallest absolute Gasteiger partial charge is 0.411 e. The van der Waals surface area contributed by atoms with Crippen LogP contribution in [0.5, 0.6) is 0 Å². The zero-order valence-electron chi connectivity index (χ0n) is 16.4. The summed E-state index contributed by atoms with van der Waals surface area (Å²) in [5, 5.41) is 5.73. The molecule has 0 saturated carbocycles. The molecule has 3 rings (SSSR count). The number of rotatable bonds is 6. The molecule has 0 fully saturated rings. The molecule has 0 aromatic heterocycles. The molecule has 0 atom stereocenters. The van der Waals surface area contributed by atoms with Gasteiger partial charge in [-0.05, 0) is 53.9 Å². The fraction of sp³-hybridized carbons (Fsp3) is 0.130. The molecule has 6 nitrogen and oxygen atoms in total. The molecule has 154 valence electrons. The van der Waals surface area contributed by atoms with E-state index in [2.05, 4.69) is 10.6 Å². The summed E-state index contributed by atoms with van der Waals surface area (Å²) < 4.78 is 5.20. The monoisotopic (exact) mass is 423 g/mol. The Morgan fingerprint density at radius 2 is 1.73 bits per heavy atom. The van der Waals surface area contributed by atoms with Crippen molar-refractivity contribution < 1.29 is 14.3 Å². The van der Waals surface area contributed by atoms with Gasteiger partial charge >= 0.3 is 6.09 Å². The SMILES string of the molecule is Cc1ccc(NC(=O)c2cc(Cl)cc(NC(=O)OCc3ccccc3)c2)cc1CN. The van der Waals surface area contributed by atoms with Gasteiger partial charge in [0.15, 0.2) is 0 Å². The molecular weight excluding hydrogens is 402 g/mol. The number of aryl methyl sites for hydroxylation is 1. The van der Waals surface area contributed by atoms with Gasteiger partial charge in [0.2, 0.25) is 0 Å². The Labute approximate surface area is 180 Å². The summed E-state index contributed by atoms with van der Waals surface area (Å²) >= 11 is 6.13. The topological polar surface area (TPSA) is 93.5 Å². The number of halogens is 1. The van der Waals surface area contributed by atoms with E-state index in [0.717, 1.165) is 16.7 Å². The van der Waals surface area contributed by atoms with Gasteiger partial charge in [-0.3, -0.25) is 10.1 Å². The molecular formula is C23H22ClN3O3. The molecule has 0 aliphatic rings. The van der Waals surface area contributed by atoms with Crippen molar-refractivity contribution in [2.45, 2.75) is 20.1 Å². The second-order valence-electron chi connectivity index (χ2n) is 6.71. The van der Waals surface area contributed by atoms with E-state index in [9.17, 15) is 9.59 Å². The van der Waals surface area contributed by atoms with Crippen LogP contribution in [-0.2, 0) is 17.9 Å². The number of nitrogens with two attached hydrogens (primary N) is 1. The molecule has 3 aromatic rings. The normalized spacial score (nSPS) is 10.4. The third-order valence-corrected chi connectivity index (χ3v) is 4.66. The van der Waals surface area contributed by atoms with E-state index in [1.165, 1.54) is 12.1 Å². The third-order valence-electron chi connectivity index (χ3n) is 4.45. The van der Waals surface area contributed by atoms with E-state index >= 15 is 0 Å². The van der Waals surface area contributed by atoms with Crippen molar-refractivity contribution >= 4 is 35.0 Å². The maximum absolute atomic E-state index is 12.7. The molecule has 0 spiro atoms. The maximum atomic E-state index is 12.7. The number of carbonyl (C=O) groups excluding carboxylic acids is 2. The molecule has 2 amide bonds. The molecule has 7 heteroatoms. The van der Waals surface area contributed by atoms with Crippen molar-refractivity contribution in [3.63, 3.8) is 0 Å². The van der Waals surface area contributed by atoms with Gasteiger partial charge in [-0.25, -0.2) is 4.79 Å². The second kappa shape index (κ2) is 9.91. The van der Waals surface area contributed by atoms with Crippen LogP contribution in [0.3, 0.4) is 0 Å². The molecule has 0 bridgehead atoms. The Balaban J connectivity index is 1.66. The Bertz CT molecular complexity index is 1050. The van der Waals surface area contributed by atoms with Crippen LogP contribution in [0.4, 0.5) is 16.2 Å². The highest BCUT2D eigenvalue weighted by atomic mass is 35.5. The summed E-state index contributed by atoms with van der Waals surface area (Å²) in [6, 6.07) is 19.5. The fourth-order valence-corrected chi connectivity index (χ4v) is 3.08. The van der Waals surface area contributed by atoms with Crippen molar-refractivity contribution in [2.24, 2.45) is 5.73 Å².